The molecular formula is C23H25N3O2. The Morgan fingerprint density at radius 3 is 2.61 bits per heavy atom. The second kappa shape index (κ2) is 7.34. The summed E-state index contributed by atoms with van der Waals surface area (Å²) in [5.41, 5.74) is 2.34. The number of pyridine rings is 1. The molecule has 2 heterocycles. The molecule has 0 spiro atoms. The summed E-state index contributed by atoms with van der Waals surface area (Å²) in [6.45, 7) is 1.45. The number of hydrogen-bond donors (Lipinski definition) is 1. The Bertz CT molecular complexity index is 1000. The highest BCUT2D eigenvalue weighted by atomic mass is 16.3. The van der Waals surface area contributed by atoms with Crippen molar-refractivity contribution in [1.29, 1.82) is 0 Å². The maximum absolute atomic E-state index is 13.4. The van der Waals surface area contributed by atoms with E-state index >= 15 is 0 Å². The number of likely N-dealkylation sites (N-methyl/N-ethyl adjacent to an activating group) is 1. The number of likely N-dealkylation sites (tertiary alicyclic amines) is 1. The molecule has 1 aromatic heterocycles. The normalized spacial score (nSPS) is 19.5. The number of rotatable bonds is 4. The average Bonchev–Trinajstić information content (AvgIpc) is 3.08. The van der Waals surface area contributed by atoms with Crippen LogP contribution in [-0.4, -0.2) is 65.1 Å². The largest absolute Gasteiger partial charge is 0.387 e. The first kappa shape index (κ1) is 18.6. The number of para-hydroxylation sites is 1. The Labute approximate surface area is 165 Å². The maximum Gasteiger partial charge on any atom is 0.254 e. The average molecular weight is 375 g/mol. The molecule has 5 nitrogen and oxygen atoms in total. The van der Waals surface area contributed by atoms with Crippen LogP contribution in [0.1, 0.15) is 16.8 Å². The Morgan fingerprint density at radius 2 is 1.86 bits per heavy atom. The zero-order chi connectivity index (χ0) is 19.7. The van der Waals surface area contributed by atoms with Gasteiger partial charge in [0.2, 0.25) is 0 Å². The fourth-order valence-corrected chi connectivity index (χ4v) is 4.03. The summed E-state index contributed by atoms with van der Waals surface area (Å²) < 4.78 is 0. The third-order valence-corrected chi connectivity index (χ3v) is 5.25. The summed E-state index contributed by atoms with van der Waals surface area (Å²) >= 11 is 0. The highest BCUT2D eigenvalue weighted by Crippen LogP contribution is 2.29. The van der Waals surface area contributed by atoms with Crippen molar-refractivity contribution in [3.63, 3.8) is 0 Å². The quantitative estimate of drug-likeness (QED) is 0.762. The van der Waals surface area contributed by atoms with Gasteiger partial charge >= 0.3 is 0 Å². The summed E-state index contributed by atoms with van der Waals surface area (Å²) in [7, 11) is 3.87. The van der Waals surface area contributed by atoms with Crippen LogP contribution < -0.4 is 0 Å². The number of aromatic nitrogens is 1. The van der Waals surface area contributed by atoms with Gasteiger partial charge in [-0.1, -0.05) is 48.5 Å². The van der Waals surface area contributed by atoms with Crippen molar-refractivity contribution in [1.82, 2.24) is 14.8 Å². The number of hydrogen-bond acceptors (Lipinski definition) is 4. The van der Waals surface area contributed by atoms with Gasteiger partial charge in [0, 0.05) is 24.0 Å². The van der Waals surface area contributed by atoms with E-state index in [2.05, 4.69) is 0 Å². The molecule has 2 aromatic carbocycles. The van der Waals surface area contributed by atoms with Gasteiger partial charge in [-0.3, -0.25) is 4.79 Å². The van der Waals surface area contributed by atoms with Gasteiger partial charge < -0.3 is 14.9 Å². The molecule has 0 aliphatic carbocycles. The fourth-order valence-electron chi connectivity index (χ4n) is 4.03. The molecule has 1 amide bonds. The predicted molar refractivity (Wildman–Crippen MR) is 111 cm³/mol. The highest BCUT2D eigenvalue weighted by molar-refractivity contribution is 6.07. The van der Waals surface area contributed by atoms with Gasteiger partial charge in [0.1, 0.15) is 0 Å². The van der Waals surface area contributed by atoms with Gasteiger partial charge in [0.15, 0.2) is 0 Å². The van der Waals surface area contributed by atoms with Gasteiger partial charge in [-0.15, -0.1) is 0 Å². The van der Waals surface area contributed by atoms with Crippen LogP contribution in [0.25, 0.3) is 22.2 Å². The monoisotopic (exact) mass is 375 g/mol. The lowest BCUT2D eigenvalue weighted by atomic mass is 10.0. The van der Waals surface area contributed by atoms with Crippen LogP contribution in [0.2, 0.25) is 0 Å². The molecule has 0 bridgehead atoms. The molecule has 144 valence electrons. The van der Waals surface area contributed by atoms with Crippen molar-refractivity contribution in [2.75, 3.05) is 33.7 Å². The van der Waals surface area contributed by atoms with Gasteiger partial charge in [-0.25, -0.2) is 4.98 Å². The Kier molecular flexibility index (Phi) is 4.87. The van der Waals surface area contributed by atoms with E-state index in [1.54, 1.807) is 4.90 Å². The molecule has 0 saturated carbocycles. The van der Waals surface area contributed by atoms with Gasteiger partial charge in [-0.2, -0.15) is 0 Å². The van der Waals surface area contributed by atoms with E-state index in [0.29, 0.717) is 31.6 Å². The molecule has 0 unspecified atom stereocenters. The van der Waals surface area contributed by atoms with Crippen molar-refractivity contribution in [2.45, 2.75) is 12.0 Å². The lowest BCUT2D eigenvalue weighted by Gasteiger charge is -2.26. The molecule has 5 heteroatoms. The number of benzene rings is 2. The molecule has 1 aliphatic heterocycles. The van der Waals surface area contributed by atoms with E-state index in [1.165, 1.54) is 0 Å². The molecule has 0 radical (unpaired) electrons. The summed E-state index contributed by atoms with van der Waals surface area (Å²) in [6.07, 6.45) is 0.589. The topological polar surface area (TPSA) is 56.7 Å². The van der Waals surface area contributed by atoms with Crippen molar-refractivity contribution < 1.29 is 9.90 Å². The van der Waals surface area contributed by atoms with E-state index in [9.17, 15) is 9.90 Å². The molecule has 1 saturated heterocycles. The fraction of sp³-hybridized carbons (Fsp3) is 0.304. The smallest absolute Gasteiger partial charge is 0.254 e. The summed E-state index contributed by atoms with van der Waals surface area (Å²) in [4.78, 5) is 21.9. The number of fused-ring (bicyclic) bond motifs is 1. The number of nitrogens with zero attached hydrogens (tertiary/aromatic N) is 3. The second-order valence-corrected chi connectivity index (χ2v) is 7.88. The van der Waals surface area contributed by atoms with Crippen LogP contribution in [-0.2, 0) is 0 Å². The van der Waals surface area contributed by atoms with Crippen LogP contribution in [0.3, 0.4) is 0 Å². The maximum atomic E-state index is 13.4. The minimum absolute atomic E-state index is 0.0505. The first-order chi connectivity index (χ1) is 13.5. The zero-order valence-electron chi connectivity index (χ0n) is 16.3. The molecular weight excluding hydrogens is 350 g/mol. The van der Waals surface area contributed by atoms with E-state index in [0.717, 1.165) is 22.2 Å². The molecule has 1 atom stereocenters. The minimum atomic E-state index is -0.857. The number of β-amino-alcohol motifs (C(OH)–C–C–N with tert-alkyl or cyclic N) is 1. The zero-order valence-corrected chi connectivity index (χ0v) is 16.3. The third-order valence-electron chi connectivity index (χ3n) is 5.25. The number of carbonyl (C=O) groups is 1. The molecule has 1 aliphatic rings. The summed E-state index contributed by atoms with van der Waals surface area (Å²) in [5.74, 6) is -0.0505. The Hall–Kier alpha value is -2.76. The number of amides is 1. The van der Waals surface area contributed by atoms with Crippen LogP contribution in [0.4, 0.5) is 0 Å². The van der Waals surface area contributed by atoms with E-state index in [-0.39, 0.29) is 5.91 Å². The standard InChI is InChI=1S/C23H25N3O2/c1-25(2)15-23(28)12-13-26(16-23)22(27)19-14-21(17-8-4-3-5-9-17)24-20-11-7-6-10-18(19)20/h3-11,14,28H,12-13,15-16H2,1-2H3/t23-/m0/s1. The second-order valence-electron chi connectivity index (χ2n) is 7.88. The SMILES string of the molecule is CN(C)C[C@@]1(O)CCN(C(=O)c2cc(-c3ccccc3)nc3ccccc23)C1. The van der Waals surface area contributed by atoms with Crippen molar-refractivity contribution in [3.8, 4) is 11.3 Å². The third kappa shape index (κ3) is 3.63. The Balaban J connectivity index is 1.73. The van der Waals surface area contributed by atoms with Crippen molar-refractivity contribution in [2.24, 2.45) is 0 Å². The van der Waals surface area contributed by atoms with Gasteiger partial charge in [0.25, 0.3) is 5.91 Å². The summed E-state index contributed by atoms with van der Waals surface area (Å²) in [5, 5.41) is 11.7. The molecule has 4 rings (SSSR count). The van der Waals surface area contributed by atoms with Crippen molar-refractivity contribution in [3.05, 3.63) is 66.2 Å². The first-order valence-corrected chi connectivity index (χ1v) is 9.57. The molecule has 28 heavy (non-hydrogen) atoms. The molecule has 3 aromatic rings. The van der Waals surface area contributed by atoms with E-state index < -0.39 is 5.60 Å². The molecule has 1 fully saturated rings. The lowest BCUT2D eigenvalue weighted by Crippen LogP contribution is -2.43. The van der Waals surface area contributed by atoms with Crippen LogP contribution in [0.15, 0.2) is 60.7 Å². The van der Waals surface area contributed by atoms with E-state index in [4.69, 9.17) is 4.98 Å². The van der Waals surface area contributed by atoms with Crippen LogP contribution in [0, 0.1) is 0 Å². The Morgan fingerprint density at radius 1 is 1.14 bits per heavy atom. The minimum Gasteiger partial charge on any atom is -0.387 e. The lowest BCUT2D eigenvalue weighted by molar-refractivity contribution is 0.0236. The van der Waals surface area contributed by atoms with Crippen LogP contribution >= 0.6 is 0 Å². The predicted octanol–water partition coefficient (Wildman–Crippen LogP) is 3.04. The number of carbonyl (C=O) groups excluding carboxylic acids is 1. The van der Waals surface area contributed by atoms with Crippen LogP contribution in [0.5, 0.6) is 0 Å². The number of aliphatic hydroxyl groups is 1. The van der Waals surface area contributed by atoms with Gasteiger partial charge in [-0.05, 0) is 32.6 Å². The van der Waals surface area contributed by atoms with E-state index in [1.807, 2.05) is 79.7 Å². The van der Waals surface area contributed by atoms with Gasteiger partial charge in [0.05, 0.1) is 28.9 Å². The summed E-state index contributed by atoms with van der Waals surface area (Å²) in [6, 6.07) is 19.5. The highest BCUT2D eigenvalue weighted by Gasteiger charge is 2.39. The van der Waals surface area contributed by atoms with Crippen molar-refractivity contribution >= 4 is 16.8 Å². The first-order valence-electron chi connectivity index (χ1n) is 9.57. The molecule has 1 N–H and O–H groups in total.